The first-order chi connectivity index (χ1) is 3.81. The van der Waals surface area contributed by atoms with Gasteiger partial charge in [-0.3, -0.25) is 0 Å². The molecule has 0 unspecified atom stereocenters. The number of hydrogen-bond donors (Lipinski definition) is 1. The van der Waals surface area contributed by atoms with E-state index in [1.807, 2.05) is 13.8 Å². The molecule has 9 heavy (non-hydrogen) atoms. The summed E-state index contributed by atoms with van der Waals surface area (Å²) in [6.07, 6.45) is 0. The van der Waals surface area contributed by atoms with Crippen molar-refractivity contribution in [1.82, 2.24) is 11.3 Å². The van der Waals surface area contributed by atoms with Gasteiger partial charge in [0.05, 0.1) is 0 Å². The fourth-order valence-corrected chi connectivity index (χ4v) is 0.188. The third-order valence-corrected chi connectivity index (χ3v) is 2.19. The monoisotopic (exact) mass is 129 g/mol. The summed E-state index contributed by atoms with van der Waals surface area (Å²) in [5.41, 5.74) is 2.57. The van der Waals surface area contributed by atoms with Crippen LogP contribution in [-0.4, -0.2) is 5.54 Å². The van der Waals surface area contributed by atoms with E-state index in [1.54, 1.807) is 0 Å². The van der Waals surface area contributed by atoms with E-state index in [0.29, 0.717) is 0 Å². The predicted octanol–water partition coefficient (Wildman–Crippen LogP) is 1.60. The van der Waals surface area contributed by atoms with Gasteiger partial charge in [-0.2, -0.15) is 5.84 Å². The number of rotatable bonds is 1. The Morgan fingerprint density at radius 3 is 1.33 bits per heavy atom. The van der Waals surface area contributed by atoms with Gasteiger partial charge in [-0.05, 0) is 19.3 Å². The lowest BCUT2D eigenvalue weighted by Crippen LogP contribution is -2.49. The third kappa shape index (κ3) is 1.95. The maximum atomic E-state index is 7.01. The summed E-state index contributed by atoms with van der Waals surface area (Å²) >= 11 is 0. The minimum absolute atomic E-state index is 0.104. The van der Waals surface area contributed by atoms with E-state index >= 15 is 0 Å². The Morgan fingerprint density at radius 1 is 1.00 bits per heavy atom. The van der Waals surface area contributed by atoms with Crippen LogP contribution in [0.25, 0.3) is 0 Å². The van der Waals surface area contributed by atoms with E-state index < -0.39 is 0 Å². The summed E-state index contributed by atoms with van der Waals surface area (Å²) in [5, 5.41) is 0. The molecule has 0 atom stereocenters. The zero-order valence-electron chi connectivity index (χ0n) is 7.00. The highest BCUT2D eigenvalue weighted by Gasteiger charge is 2.31. The molecule has 0 bridgehead atoms. The quantitative estimate of drug-likeness (QED) is 0.536. The zero-order chi connectivity index (χ0) is 7.71. The van der Waals surface area contributed by atoms with E-state index in [9.17, 15) is 0 Å². The Balaban J connectivity index is 4.14. The van der Waals surface area contributed by atoms with Gasteiger partial charge < -0.3 is 0 Å². The second-order valence-corrected chi connectivity index (χ2v) is 4.00. The van der Waals surface area contributed by atoms with Gasteiger partial charge in [0.25, 0.3) is 0 Å². The van der Waals surface area contributed by atoms with E-state index in [1.165, 1.54) is 0 Å². The van der Waals surface area contributed by atoms with Crippen LogP contribution in [0.2, 0.25) is 0 Å². The van der Waals surface area contributed by atoms with E-state index in [-0.39, 0.29) is 11.0 Å². The van der Waals surface area contributed by atoms with Gasteiger partial charge in [-0.1, -0.05) is 20.8 Å². The molecule has 0 heterocycles. The molecule has 0 fully saturated rings. The van der Waals surface area contributed by atoms with Crippen LogP contribution >= 0.6 is 0 Å². The van der Waals surface area contributed by atoms with Crippen molar-refractivity contribution >= 4 is 0 Å². The normalized spacial score (nSPS) is 14.0. The Morgan fingerprint density at radius 2 is 1.33 bits per heavy atom. The van der Waals surface area contributed by atoms with Crippen molar-refractivity contribution in [3.63, 3.8) is 0 Å². The average molecular weight is 129 g/mol. The molecular formula is C7H17N2. The van der Waals surface area contributed by atoms with Crippen LogP contribution in [0.1, 0.15) is 34.6 Å². The van der Waals surface area contributed by atoms with Crippen molar-refractivity contribution in [2.45, 2.75) is 40.2 Å². The Bertz CT molecular complexity index is 89.6. The van der Waals surface area contributed by atoms with E-state index in [0.717, 1.165) is 0 Å². The van der Waals surface area contributed by atoms with Gasteiger partial charge in [0.1, 0.15) is 0 Å². The van der Waals surface area contributed by atoms with Crippen LogP contribution in [0.4, 0.5) is 0 Å². The molecule has 0 aromatic rings. The molecule has 0 amide bonds. The molecule has 0 aliphatic rings. The summed E-state index contributed by atoms with van der Waals surface area (Å²) in [4.78, 5) is 0. The van der Waals surface area contributed by atoms with Crippen molar-refractivity contribution in [2.24, 2.45) is 5.41 Å². The first kappa shape index (κ1) is 8.92. The van der Waals surface area contributed by atoms with Gasteiger partial charge in [-0.15, -0.1) is 0 Å². The first-order valence-corrected chi connectivity index (χ1v) is 3.25. The summed E-state index contributed by atoms with van der Waals surface area (Å²) in [5.74, 6) is 7.01. The Hall–Kier alpha value is -0.0800. The van der Waals surface area contributed by atoms with Crippen LogP contribution in [0.15, 0.2) is 0 Å². The van der Waals surface area contributed by atoms with Crippen molar-refractivity contribution in [3.05, 3.63) is 0 Å². The molecular weight excluding hydrogens is 112 g/mol. The molecule has 0 aromatic heterocycles. The SMILES string of the molecule is CC(C)(C)C(C)(C)N[NH]. The Labute approximate surface area is 57.8 Å². The van der Waals surface area contributed by atoms with Gasteiger partial charge in [0.2, 0.25) is 0 Å². The second kappa shape index (κ2) is 2.27. The molecule has 0 saturated carbocycles. The van der Waals surface area contributed by atoms with Gasteiger partial charge in [-0.25, -0.2) is 5.43 Å². The van der Waals surface area contributed by atoms with Crippen LogP contribution in [0.3, 0.4) is 0 Å². The third-order valence-electron chi connectivity index (χ3n) is 2.19. The molecule has 1 radical (unpaired) electrons. The van der Waals surface area contributed by atoms with Crippen molar-refractivity contribution < 1.29 is 0 Å². The standard InChI is InChI=1S/C7H17N2/c1-6(2,3)7(4,5)9-8/h8-9H,1-5H3. The summed E-state index contributed by atoms with van der Waals surface area (Å²) in [6.45, 7) is 10.4. The van der Waals surface area contributed by atoms with E-state index in [2.05, 4.69) is 26.2 Å². The van der Waals surface area contributed by atoms with Gasteiger partial charge >= 0.3 is 0 Å². The second-order valence-electron chi connectivity index (χ2n) is 4.00. The lowest BCUT2D eigenvalue weighted by Gasteiger charge is -2.37. The average Bonchev–Trinajstić information content (AvgIpc) is 1.64. The van der Waals surface area contributed by atoms with Crippen LogP contribution in [0, 0.1) is 5.41 Å². The maximum absolute atomic E-state index is 7.01. The first-order valence-electron chi connectivity index (χ1n) is 3.25. The highest BCUT2D eigenvalue weighted by molar-refractivity contribution is 4.87. The molecule has 2 N–H and O–H groups in total. The maximum Gasteiger partial charge on any atom is 0.0329 e. The fourth-order valence-electron chi connectivity index (χ4n) is 0.188. The highest BCUT2D eigenvalue weighted by atomic mass is 15.3. The lowest BCUT2D eigenvalue weighted by atomic mass is 9.77. The van der Waals surface area contributed by atoms with Gasteiger partial charge in [0, 0.05) is 5.54 Å². The molecule has 0 rings (SSSR count). The summed E-state index contributed by atoms with van der Waals surface area (Å²) < 4.78 is 0. The van der Waals surface area contributed by atoms with Crippen LogP contribution in [0.5, 0.6) is 0 Å². The minimum Gasteiger partial charge on any atom is -0.237 e. The topological polar surface area (TPSA) is 35.8 Å². The lowest BCUT2D eigenvalue weighted by molar-refractivity contribution is 0.174. The van der Waals surface area contributed by atoms with Crippen LogP contribution < -0.4 is 11.3 Å². The molecule has 2 heteroatoms. The fraction of sp³-hybridized carbons (Fsp3) is 1.00. The summed E-state index contributed by atoms with van der Waals surface area (Å²) in [6, 6.07) is 0. The minimum atomic E-state index is -0.104. The Kier molecular flexibility index (Phi) is 2.25. The molecule has 0 aromatic carbocycles. The van der Waals surface area contributed by atoms with Crippen LogP contribution in [-0.2, 0) is 0 Å². The zero-order valence-corrected chi connectivity index (χ0v) is 7.00. The smallest absolute Gasteiger partial charge is 0.0329 e. The molecule has 0 saturated heterocycles. The summed E-state index contributed by atoms with van der Waals surface area (Å²) in [7, 11) is 0. The largest absolute Gasteiger partial charge is 0.237 e. The predicted molar refractivity (Wildman–Crippen MR) is 39.8 cm³/mol. The highest BCUT2D eigenvalue weighted by Crippen LogP contribution is 2.28. The number of hydrogen-bond acceptors (Lipinski definition) is 1. The molecule has 0 aliphatic heterocycles. The van der Waals surface area contributed by atoms with Crippen molar-refractivity contribution in [1.29, 1.82) is 0 Å². The number of nitrogens with one attached hydrogen (secondary N) is 2. The molecule has 0 aliphatic carbocycles. The van der Waals surface area contributed by atoms with Crippen molar-refractivity contribution in [2.75, 3.05) is 0 Å². The molecule has 0 spiro atoms. The molecule has 2 nitrogen and oxygen atoms in total. The van der Waals surface area contributed by atoms with Crippen molar-refractivity contribution in [3.8, 4) is 0 Å². The van der Waals surface area contributed by atoms with Gasteiger partial charge in [0.15, 0.2) is 0 Å². The molecule has 55 valence electrons. The van der Waals surface area contributed by atoms with E-state index in [4.69, 9.17) is 5.84 Å².